The first-order valence-electron chi connectivity index (χ1n) is 6.48. The third-order valence-electron chi connectivity index (χ3n) is 2.84. The molecular formula is C14H23NO3. The molecule has 0 unspecified atom stereocenters. The predicted octanol–water partition coefficient (Wildman–Crippen LogP) is 2.29. The molecule has 0 spiro atoms. The van der Waals surface area contributed by atoms with E-state index in [0.29, 0.717) is 11.7 Å². The van der Waals surface area contributed by atoms with Gasteiger partial charge < -0.3 is 14.8 Å². The highest BCUT2D eigenvalue weighted by Gasteiger charge is 2.19. The summed E-state index contributed by atoms with van der Waals surface area (Å²) in [6.45, 7) is 7.90. The lowest BCUT2D eigenvalue weighted by molar-refractivity contribution is 0.0878. The Labute approximate surface area is 108 Å². The Balaban J connectivity index is 2.71. The molecule has 102 valence electrons. The molecule has 0 aliphatic heterocycles. The van der Waals surface area contributed by atoms with Crippen molar-refractivity contribution < 1.29 is 14.3 Å². The first-order chi connectivity index (χ1) is 8.47. The molecular weight excluding hydrogens is 230 g/mol. The van der Waals surface area contributed by atoms with Crippen LogP contribution >= 0.6 is 0 Å². The Morgan fingerprint density at radius 2 is 2.17 bits per heavy atom. The molecule has 1 heterocycles. The van der Waals surface area contributed by atoms with Gasteiger partial charge in [-0.05, 0) is 25.3 Å². The molecule has 0 aliphatic carbocycles. The Hall–Kier alpha value is -1.29. The number of aliphatic hydroxyl groups is 1. The summed E-state index contributed by atoms with van der Waals surface area (Å²) in [6, 6.07) is 1.66. The van der Waals surface area contributed by atoms with Gasteiger partial charge in [-0.1, -0.05) is 20.8 Å². The maximum absolute atomic E-state index is 12.0. The summed E-state index contributed by atoms with van der Waals surface area (Å²) in [4.78, 5) is 12.0. The zero-order chi connectivity index (χ0) is 13.7. The minimum atomic E-state index is -0.244. The van der Waals surface area contributed by atoms with Gasteiger partial charge in [0.15, 0.2) is 5.76 Å². The largest absolute Gasteiger partial charge is 0.456 e. The van der Waals surface area contributed by atoms with Crippen LogP contribution < -0.4 is 5.32 Å². The normalized spacial score (nSPS) is 12.8. The molecule has 0 fully saturated rings. The SMILES string of the molecule is CCc1cc(C)c(C(=O)N[C@H](CO)CC(C)C)o1. The summed E-state index contributed by atoms with van der Waals surface area (Å²) in [7, 11) is 0. The van der Waals surface area contributed by atoms with Gasteiger partial charge in [-0.25, -0.2) is 0 Å². The van der Waals surface area contributed by atoms with Gasteiger partial charge in [0.05, 0.1) is 12.6 Å². The van der Waals surface area contributed by atoms with Crippen molar-refractivity contribution in [1.82, 2.24) is 5.32 Å². The summed E-state index contributed by atoms with van der Waals surface area (Å²) >= 11 is 0. The van der Waals surface area contributed by atoms with Crippen LogP contribution in [-0.2, 0) is 6.42 Å². The van der Waals surface area contributed by atoms with E-state index in [4.69, 9.17) is 4.42 Å². The number of hydrogen-bond donors (Lipinski definition) is 2. The Morgan fingerprint density at radius 3 is 2.61 bits per heavy atom. The molecule has 0 aliphatic rings. The fraction of sp³-hybridized carbons (Fsp3) is 0.643. The van der Waals surface area contributed by atoms with Crippen molar-refractivity contribution >= 4 is 5.91 Å². The van der Waals surface area contributed by atoms with E-state index in [1.54, 1.807) is 0 Å². The van der Waals surface area contributed by atoms with E-state index in [9.17, 15) is 9.90 Å². The van der Waals surface area contributed by atoms with Gasteiger partial charge in [0.25, 0.3) is 5.91 Å². The summed E-state index contributed by atoms with van der Waals surface area (Å²) in [5.41, 5.74) is 0.839. The van der Waals surface area contributed by atoms with Crippen molar-refractivity contribution in [3.8, 4) is 0 Å². The second-order valence-electron chi connectivity index (χ2n) is 5.06. The first-order valence-corrected chi connectivity index (χ1v) is 6.48. The molecule has 0 saturated carbocycles. The van der Waals surface area contributed by atoms with Crippen LogP contribution in [0.4, 0.5) is 0 Å². The molecule has 1 aromatic heterocycles. The van der Waals surface area contributed by atoms with E-state index in [-0.39, 0.29) is 18.6 Å². The van der Waals surface area contributed by atoms with E-state index in [2.05, 4.69) is 19.2 Å². The maximum Gasteiger partial charge on any atom is 0.287 e. The van der Waals surface area contributed by atoms with Crippen molar-refractivity contribution in [2.45, 2.75) is 46.6 Å². The number of amides is 1. The lowest BCUT2D eigenvalue weighted by atomic mass is 10.0. The fourth-order valence-electron chi connectivity index (χ4n) is 1.95. The summed E-state index contributed by atoms with van der Waals surface area (Å²) in [6.07, 6.45) is 1.52. The molecule has 0 saturated heterocycles. The van der Waals surface area contributed by atoms with E-state index < -0.39 is 0 Å². The molecule has 0 aromatic carbocycles. The van der Waals surface area contributed by atoms with E-state index in [1.807, 2.05) is 19.9 Å². The third-order valence-corrected chi connectivity index (χ3v) is 2.84. The maximum atomic E-state index is 12.0. The average molecular weight is 253 g/mol. The number of aryl methyl sites for hydroxylation is 2. The number of hydrogen-bond acceptors (Lipinski definition) is 3. The van der Waals surface area contributed by atoms with Gasteiger partial charge in [0.1, 0.15) is 5.76 Å². The second kappa shape index (κ2) is 6.59. The fourth-order valence-corrected chi connectivity index (χ4v) is 1.95. The lowest BCUT2D eigenvalue weighted by Crippen LogP contribution is -2.38. The Morgan fingerprint density at radius 1 is 1.50 bits per heavy atom. The predicted molar refractivity (Wildman–Crippen MR) is 70.6 cm³/mol. The van der Waals surface area contributed by atoms with Gasteiger partial charge in [-0.2, -0.15) is 0 Å². The van der Waals surface area contributed by atoms with Gasteiger partial charge in [-0.3, -0.25) is 4.79 Å². The summed E-state index contributed by atoms with van der Waals surface area (Å²) in [5, 5.41) is 12.1. The number of nitrogens with one attached hydrogen (secondary N) is 1. The molecule has 4 heteroatoms. The minimum absolute atomic E-state index is 0.0513. The number of rotatable bonds is 6. The first kappa shape index (κ1) is 14.8. The van der Waals surface area contributed by atoms with E-state index >= 15 is 0 Å². The highest BCUT2D eigenvalue weighted by atomic mass is 16.4. The highest BCUT2D eigenvalue weighted by molar-refractivity contribution is 5.93. The molecule has 0 radical (unpaired) electrons. The summed E-state index contributed by atoms with van der Waals surface area (Å²) in [5.74, 6) is 1.34. The quantitative estimate of drug-likeness (QED) is 0.817. The van der Waals surface area contributed by atoms with Crippen molar-refractivity contribution in [2.75, 3.05) is 6.61 Å². The van der Waals surface area contributed by atoms with Gasteiger partial charge in [0.2, 0.25) is 0 Å². The standard InChI is InChI=1S/C14H23NO3/c1-5-12-7-10(4)13(18-12)14(17)15-11(8-16)6-9(2)3/h7,9,11,16H,5-6,8H2,1-4H3,(H,15,17)/t11-/m0/s1. The number of furan rings is 1. The minimum Gasteiger partial charge on any atom is -0.456 e. The van der Waals surface area contributed by atoms with Crippen molar-refractivity contribution in [2.24, 2.45) is 5.92 Å². The van der Waals surface area contributed by atoms with Crippen LogP contribution in [0.15, 0.2) is 10.5 Å². The van der Waals surface area contributed by atoms with Gasteiger partial charge in [-0.15, -0.1) is 0 Å². The summed E-state index contributed by atoms with van der Waals surface area (Å²) < 4.78 is 5.48. The van der Waals surface area contributed by atoms with Crippen LogP contribution in [0.2, 0.25) is 0 Å². The molecule has 1 rings (SSSR count). The van der Waals surface area contributed by atoms with Crippen LogP contribution in [0.25, 0.3) is 0 Å². The molecule has 2 N–H and O–H groups in total. The zero-order valence-electron chi connectivity index (χ0n) is 11.6. The average Bonchev–Trinajstić information content (AvgIpc) is 2.69. The molecule has 1 atom stereocenters. The molecule has 1 aromatic rings. The number of aliphatic hydroxyl groups excluding tert-OH is 1. The smallest absolute Gasteiger partial charge is 0.287 e. The van der Waals surface area contributed by atoms with Crippen LogP contribution in [0, 0.1) is 12.8 Å². The van der Waals surface area contributed by atoms with Crippen LogP contribution in [0.3, 0.4) is 0 Å². The van der Waals surface area contributed by atoms with Crippen LogP contribution in [-0.4, -0.2) is 23.7 Å². The van der Waals surface area contributed by atoms with Crippen LogP contribution in [0.1, 0.15) is 49.1 Å². The van der Waals surface area contributed by atoms with E-state index in [1.165, 1.54) is 0 Å². The zero-order valence-corrected chi connectivity index (χ0v) is 11.6. The molecule has 4 nitrogen and oxygen atoms in total. The van der Waals surface area contributed by atoms with E-state index in [0.717, 1.165) is 24.2 Å². The second-order valence-corrected chi connectivity index (χ2v) is 5.06. The van der Waals surface area contributed by atoms with Crippen molar-refractivity contribution in [3.63, 3.8) is 0 Å². The topological polar surface area (TPSA) is 62.5 Å². The van der Waals surface area contributed by atoms with Gasteiger partial charge in [0, 0.05) is 12.0 Å². The van der Waals surface area contributed by atoms with Crippen LogP contribution in [0.5, 0.6) is 0 Å². The number of carbonyl (C=O) groups is 1. The van der Waals surface area contributed by atoms with Crippen molar-refractivity contribution in [1.29, 1.82) is 0 Å². The molecule has 0 bridgehead atoms. The Bertz CT molecular complexity index is 396. The Kier molecular flexibility index (Phi) is 5.41. The van der Waals surface area contributed by atoms with Crippen molar-refractivity contribution in [3.05, 3.63) is 23.2 Å². The van der Waals surface area contributed by atoms with Gasteiger partial charge >= 0.3 is 0 Å². The monoisotopic (exact) mass is 253 g/mol. The molecule has 18 heavy (non-hydrogen) atoms. The molecule has 1 amide bonds. The third kappa shape index (κ3) is 3.88. The lowest BCUT2D eigenvalue weighted by Gasteiger charge is -2.17. The highest BCUT2D eigenvalue weighted by Crippen LogP contribution is 2.15. The number of carbonyl (C=O) groups excluding carboxylic acids is 1.